The molecule has 88 valence electrons. The number of nitrogens with zero attached hydrogens (tertiary/aromatic N) is 2. The van der Waals surface area contributed by atoms with E-state index in [9.17, 15) is 4.79 Å². The number of pyridine rings is 1. The average Bonchev–Trinajstić information content (AvgIpc) is 2.82. The van der Waals surface area contributed by atoms with Crippen LogP contribution < -0.4 is 5.32 Å². The minimum absolute atomic E-state index is 0.234. The molecule has 0 aliphatic heterocycles. The second kappa shape index (κ2) is 4.29. The van der Waals surface area contributed by atoms with E-state index in [1.807, 2.05) is 24.3 Å². The first-order valence-electron chi connectivity index (χ1n) is 5.49. The number of carbonyl (C=O) groups is 1. The Kier molecular flexibility index (Phi) is 2.49. The molecule has 1 amide bonds. The van der Waals surface area contributed by atoms with Gasteiger partial charge in [0, 0.05) is 12.4 Å². The molecule has 3 aromatic rings. The van der Waals surface area contributed by atoms with Crippen LogP contribution in [0.3, 0.4) is 0 Å². The largest absolute Gasteiger partial charge is 0.324 e. The predicted octanol–water partition coefficient (Wildman–Crippen LogP) is 2.21. The number of rotatable bonds is 2. The van der Waals surface area contributed by atoms with E-state index in [1.54, 1.807) is 18.3 Å². The maximum atomic E-state index is 11.9. The second-order valence-corrected chi connectivity index (χ2v) is 3.80. The summed E-state index contributed by atoms with van der Waals surface area (Å²) in [5.74, 6) is 0.201. The molecular formula is C13H10N4O. The van der Waals surface area contributed by atoms with Gasteiger partial charge < -0.3 is 4.98 Å². The summed E-state index contributed by atoms with van der Waals surface area (Å²) in [4.78, 5) is 23.1. The molecule has 0 unspecified atom stereocenters. The molecule has 0 radical (unpaired) electrons. The summed E-state index contributed by atoms with van der Waals surface area (Å²) in [6.45, 7) is 0. The molecule has 2 N–H and O–H groups in total. The first-order valence-corrected chi connectivity index (χ1v) is 5.49. The third-order valence-corrected chi connectivity index (χ3v) is 2.55. The van der Waals surface area contributed by atoms with Gasteiger partial charge in [-0.3, -0.25) is 15.1 Å². The van der Waals surface area contributed by atoms with Gasteiger partial charge in [0.25, 0.3) is 5.91 Å². The van der Waals surface area contributed by atoms with Gasteiger partial charge in [0.15, 0.2) is 0 Å². The number of aromatic nitrogens is 3. The van der Waals surface area contributed by atoms with Crippen LogP contribution in [0.4, 0.5) is 5.95 Å². The lowest BCUT2D eigenvalue weighted by Gasteiger charge is -2.00. The Morgan fingerprint density at radius 3 is 2.83 bits per heavy atom. The summed E-state index contributed by atoms with van der Waals surface area (Å²) in [5.41, 5.74) is 2.20. The number of amides is 1. The number of H-pyrrole nitrogens is 1. The molecule has 0 atom stereocenters. The number of hydrogen-bond acceptors (Lipinski definition) is 3. The van der Waals surface area contributed by atoms with Crippen LogP contribution in [0.5, 0.6) is 0 Å². The molecule has 5 heteroatoms. The van der Waals surface area contributed by atoms with Crippen molar-refractivity contribution in [2.45, 2.75) is 0 Å². The predicted molar refractivity (Wildman–Crippen MR) is 68.3 cm³/mol. The van der Waals surface area contributed by atoms with E-state index in [0.29, 0.717) is 11.5 Å². The molecule has 2 heterocycles. The summed E-state index contributed by atoms with van der Waals surface area (Å²) >= 11 is 0. The first-order chi connectivity index (χ1) is 8.83. The fraction of sp³-hybridized carbons (Fsp3) is 0. The normalized spacial score (nSPS) is 10.4. The standard InChI is InChI=1S/C13H10N4O/c18-12(9-4-3-7-14-8-9)17-13-15-10-5-1-2-6-11(10)16-13/h1-8H,(H2,15,16,17,18). The Labute approximate surface area is 103 Å². The van der Waals surface area contributed by atoms with E-state index in [2.05, 4.69) is 20.3 Å². The third kappa shape index (κ3) is 1.93. The molecule has 0 saturated carbocycles. The van der Waals surface area contributed by atoms with Crippen LogP contribution in [-0.4, -0.2) is 20.9 Å². The van der Waals surface area contributed by atoms with Crippen LogP contribution in [-0.2, 0) is 0 Å². The van der Waals surface area contributed by atoms with E-state index in [4.69, 9.17) is 0 Å². The highest BCUT2D eigenvalue weighted by atomic mass is 16.1. The molecule has 0 saturated heterocycles. The van der Waals surface area contributed by atoms with Crippen molar-refractivity contribution in [1.82, 2.24) is 15.0 Å². The van der Waals surface area contributed by atoms with E-state index >= 15 is 0 Å². The van der Waals surface area contributed by atoms with Crippen LogP contribution in [0, 0.1) is 0 Å². The molecule has 0 aliphatic rings. The summed E-state index contributed by atoms with van der Waals surface area (Å²) in [6, 6.07) is 11.0. The molecular weight excluding hydrogens is 228 g/mol. The van der Waals surface area contributed by atoms with Crippen LogP contribution >= 0.6 is 0 Å². The first kappa shape index (κ1) is 10.5. The highest BCUT2D eigenvalue weighted by Crippen LogP contribution is 2.13. The van der Waals surface area contributed by atoms with Crippen molar-refractivity contribution in [3.8, 4) is 0 Å². The molecule has 5 nitrogen and oxygen atoms in total. The second-order valence-electron chi connectivity index (χ2n) is 3.80. The minimum atomic E-state index is -0.234. The zero-order valence-electron chi connectivity index (χ0n) is 9.42. The van der Waals surface area contributed by atoms with Crippen LogP contribution in [0.1, 0.15) is 10.4 Å². The van der Waals surface area contributed by atoms with Crippen molar-refractivity contribution in [2.24, 2.45) is 0 Å². The fourth-order valence-corrected chi connectivity index (χ4v) is 1.69. The summed E-state index contributed by atoms with van der Waals surface area (Å²) in [6.07, 6.45) is 3.13. The maximum absolute atomic E-state index is 11.9. The number of benzene rings is 1. The minimum Gasteiger partial charge on any atom is -0.324 e. The molecule has 1 aromatic carbocycles. The zero-order valence-corrected chi connectivity index (χ0v) is 9.42. The van der Waals surface area contributed by atoms with Gasteiger partial charge in [-0.2, -0.15) is 0 Å². The number of fused-ring (bicyclic) bond motifs is 1. The van der Waals surface area contributed by atoms with Gasteiger partial charge >= 0.3 is 0 Å². The van der Waals surface area contributed by atoms with Crippen molar-refractivity contribution in [3.05, 3.63) is 54.4 Å². The van der Waals surface area contributed by atoms with Gasteiger partial charge in [0.05, 0.1) is 16.6 Å². The maximum Gasteiger partial charge on any atom is 0.259 e. The number of nitrogens with one attached hydrogen (secondary N) is 2. The van der Waals surface area contributed by atoms with Crippen molar-refractivity contribution in [3.63, 3.8) is 0 Å². The Morgan fingerprint density at radius 1 is 1.17 bits per heavy atom. The highest BCUT2D eigenvalue weighted by molar-refractivity contribution is 6.03. The molecule has 2 aromatic heterocycles. The third-order valence-electron chi connectivity index (χ3n) is 2.55. The fourth-order valence-electron chi connectivity index (χ4n) is 1.69. The topological polar surface area (TPSA) is 70.7 Å². The zero-order chi connectivity index (χ0) is 12.4. The van der Waals surface area contributed by atoms with Crippen LogP contribution in [0.25, 0.3) is 11.0 Å². The van der Waals surface area contributed by atoms with Crippen LogP contribution in [0.2, 0.25) is 0 Å². The van der Waals surface area contributed by atoms with Gasteiger partial charge in [0.2, 0.25) is 5.95 Å². The summed E-state index contributed by atoms with van der Waals surface area (Å²) < 4.78 is 0. The van der Waals surface area contributed by atoms with Crippen LogP contribution in [0.15, 0.2) is 48.8 Å². The van der Waals surface area contributed by atoms with Crippen molar-refractivity contribution in [2.75, 3.05) is 5.32 Å². The Bertz CT molecular complexity index is 657. The average molecular weight is 238 g/mol. The van der Waals surface area contributed by atoms with Crippen molar-refractivity contribution in [1.29, 1.82) is 0 Å². The highest BCUT2D eigenvalue weighted by Gasteiger charge is 2.08. The summed E-state index contributed by atoms with van der Waals surface area (Å²) in [5, 5.41) is 2.70. The number of imidazole rings is 1. The number of hydrogen-bond donors (Lipinski definition) is 2. The van der Waals surface area contributed by atoms with Gasteiger partial charge in [-0.15, -0.1) is 0 Å². The van der Waals surface area contributed by atoms with Crippen molar-refractivity contribution < 1.29 is 4.79 Å². The van der Waals surface area contributed by atoms with E-state index < -0.39 is 0 Å². The Balaban J connectivity index is 1.86. The number of aromatic amines is 1. The molecule has 0 aliphatic carbocycles. The molecule has 3 rings (SSSR count). The monoisotopic (exact) mass is 238 g/mol. The lowest BCUT2D eigenvalue weighted by atomic mass is 10.3. The van der Waals surface area contributed by atoms with Gasteiger partial charge in [-0.05, 0) is 24.3 Å². The number of carbonyl (C=O) groups excluding carboxylic acids is 1. The molecule has 0 fully saturated rings. The lowest BCUT2D eigenvalue weighted by Crippen LogP contribution is -2.12. The van der Waals surface area contributed by atoms with E-state index in [-0.39, 0.29) is 5.91 Å². The Morgan fingerprint density at radius 2 is 2.06 bits per heavy atom. The van der Waals surface area contributed by atoms with E-state index in [1.165, 1.54) is 6.20 Å². The molecule has 0 spiro atoms. The number of para-hydroxylation sites is 2. The molecule has 0 bridgehead atoms. The lowest BCUT2D eigenvalue weighted by molar-refractivity contribution is 0.102. The van der Waals surface area contributed by atoms with E-state index in [0.717, 1.165) is 11.0 Å². The van der Waals surface area contributed by atoms with Gasteiger partial charge in [0.1, 0.15) is 0 Å². The van der Waals surface area contributed by atoms with Gasteiger partial charge in [-0.1, -0.05) is 12.1 Å². The quantitative estimate of drug-likeness (QED) is 0.719. The molecule has 18 heavy (non-hydrogen) atoms. The SMILES string of the molecule is O=C(Nc1nc2ccccc2[nH]1)c1cccnc1. The van der Waals surface area contributed by atoms with Gasteiger partial charge in [-0.25, -0.2) is 4.98 Å². The van der Waals surface area contributed by atoms with Crippen molar-refractivity contribution >= 4 is 22.9 Å². The smallest absolute Gasteiger partial charge is 0.259 e. The summed E-state index contributed by atoms with van der Waals surface area (Å²) in [7, 11) is 0. The number of anilines is 1. The Hall–Kier alpha value is -2.69.